The Morgan fingerprint density at radius 2 is 2.50 bits per heavy atom. The zero-order valence-electron chi connectivity index (χ0n) is 3.82. The predicted molar refractivity (Wildman–Crippen MR) is 45.2 cm³/mol. The van der Waals surface area contributed by atoms with E-state index in [-0.39, 0.29) is 26.6 Å². The number of carbonyl (C=O) groups is 1. The molecule has 0 radical (unpaired) electrons. The molecule has 0 unspecified atom stereocenters. The van der Waals surface area contributed by atoms with Crippen LogP contribution in [0.2, 0.25) is 0 Å². The number of nitrogens with one attached hydrogen (secondary N) is 1. The van der Waals surface area contributed by atoms with Gasteiger partial charge in [-0.05, 0) is 20.0 Å². The molecule has 0 bridgehead atoms. The van der Waals surface area contributed by atoms with E-state index in [2.05, 4.69) is 21.2 Å². The fraction of sp³-hybridized carbons (Fsp3) is 0. The molecule has 0 fully saturated rings. The van der Waals surface area contributed by atoms with E-state index in [9.17, 15) is 4.79 Å². The Bertz CT molecular complexity index is 175. The van der Waals surface area contributed by atoms with Crippen LogP contribution in [0, 0.1) is 0 Å². The van der Waals surface area contributed by atoms with Crippen LogP contribution in [0.4, 0.5) is 0 Å². The molecule has 8 heavy (non-hydrogen) atoms. The second kappa shape index (κ2) is 2.72. The fourth-order valence-corrected chi connectivity index (χ4v) is 2.31. The van der Waals surface area contributed by atoms with Crippen molar-refractivity contribution in [1.82, 2.24) is 5.32 Å². The minimum atomic E-state index is -0.0315. The van der Waals surface area contributed by atoms with Crippen molar-refractivity contribution in [2.24, 2.45) is 0 Å². The molecule has 0 aromatic heterocycles. The van der Waals surface area contributed by atoms with E-state index in [1.165, 1.54) is 0 Å². The summed E-state index contributed by atoms with van der Waals surface area (Å²) in [6, 6.07) is 0. The lowest BCUT2D eigenvalue weighted by Gasteiger charge is -1.99. The number of rotatable bonds is 0. The molecule has 1 N–H and O–H groups in total. The molecule has 0 aromatic carbocycles. The van der Waals surface area contributed by atoms with Crippen molar-refractivity contribution in [2.75, 3.05) is 0 Å². The summed E-state index contributed by atoms with van der Waals surface area (Å²) in [5, 5.41) is 2.60. The highest BCUT2D eigenvalue weighted by Gasteiger charge is 2.04. The van der Waals surface area contributed by atoms with Crippen molar-refractivity contribution in [2.45, 2.75) is 0 Å². The highest BCUT2D eigenvalue weighted by atomic mass is 127. The van der Waals surface area contributed by atoms with E-state index in [0.29, 0.717) is 4.48 Å². The molecule has 0 saturated heterocycles. The summed E-state index contributed by atoms with van der Waals surface area (Å²) in [6.45, 7) is 0. The average Bonchev–Trinajstić information content (AvgIpc) is 1.77. The molecule has 44 valence electrons. The lowest BCUT2D eigenvalue weighted by molar-refractivity contribution is -0.115. The largest absolute Gasteiger partial charge is 0.323 e. The summed E-state index contributed by atoms with van der Waals surface area (Å²) in [6.07, 6.45) is 0. The minimum absolute atomic E-state index is 0.0185. The SMILES string of the molecule is O=C1NC=IC=C1Br. The Hall–Kier alpha value is 0.290. The lowest BCUT2D eigenvalue weighted by Crippen LogP contribution is -2.21. The lowest BCUT2D eigenvalue weighted by atomic mass is 10.6. The van der Waals surface area contributed by atoms with Crippen LogP contribution in [0.25, 0.3) is 0 Å². The van der Waals surface area contributed by atoms with E-state index in [0.717, 1.165) is 0 Å². The molecule has 1 aliphatic rings. The summed E-state index contributed by atoms with van der Waals surface area (Å²) in [5.74, 6) is -0.0315. The summed E-state index contributed by atoms with van der Waals surface area (Å²) in [7, 11) is 0. The van der Waals surface area contributed by atoms with Crippen molar-refractivity contribution in [3.05, 3.63) is 8.57 Å². The van der Waals surface area contributed by atoms with Gasteiger partial charge in [0.2, 0.25) is 0 Å². The van der Waals surface area contributed by atoms with Crippen LogP contribution >= 0.6 is 36.7 Å². The van der Waals surface area contributed by atoms with Gasteiger partial charge in [0.15, 0.2) is 0 Å². The van der Waals surface area contributed by atoms with E-state index in [4.69, 9.17) is 0 Å². The third-order valence-electron chi connectivity index (χ3n) is 0.624. The van der Waals surface area contributed by atoms with Gasteiger partial charge in [-0.3, -0.25) is 4.79 Å². The molecular weight excluding hydrogens is 285 g/mol. The van der Waals surface area contributed by atoms with Crippen LogP contribution in [0.3, 0.4) is 0 Å². The Balaban J connectivity index is 2.80. The Morgan fingerprint density at radius 3 is 2.88 bits per heavy atom. The van der Waals surface area contributed by atoms with Crippen LogP contribution in [-0.2, 0) is 4.79 Å². The first-order valence-electron chi connectivity index (χ1n) is 1.91. The van der Waals surface area contributed by atoms with E-state index in [1.807, 2.05) is 8.22 Å². The summed E-state index contributed by atoms with van der Waals surface area (Å²) in [4.78, 5) is 10.6. The highest BCUT2D eigenvalue weighted by molar-refractivity contribution is 14.2. The molecular formula is C4H3BrINO. The third kappa shape index (κ3) is 1.38. The second-order valence-electron chi connectivity index (χ2n) is 1.17. The molecule has 1 rings (SSSR count). The topological polar surface area (TPSA) is 29.1 Å². The number of halogens is 2. The first-order chi connectivity index (χ1) is 3.80. The average molecular weight is 288 g/mol. The Morgan fingerprint density at radius 1 is 1.75 bits per heavy atom. The monoisotopic (exact) mass is 287 g/mol. The van der Waals surface area contributed by atoms with Crippen molar-refractivity contribution in [3.8, 4) is 0 Å². The van der Waals surface area contributed by atoms with Crippen LogP contribution < -0.4 is 5.32 Å². The van der Waals surface area contributed by atoms with Gasteiger partial charge < -0.3 is 5.32 Å². The normalized spacial score (nSPS) is 18.6. The van der Waals surface area contributed by atoms with Gasteiger partial charge in [0.1, 0.15) is 0 Å². The van der Waals surface area contributed by atoms with Crippen LogP contribution in [0.1, 0.15) is 0 Å². The zero-order chi connectivity index (χ0) is 5.98. The standard InChI is InChI=1S/C4H3BrINO/c5-3-1-6-2-7-4(3)8/h1-2H,(H,7,8). The predicted octanol–water partition coefficient (Wildman–Crippen LogP) is 1.08. The molecule has 0 saturated carbocycles. The van der Waals surface area contributed by atoms with Gasteiger partial charge in [-0.1, -0.05) is 20.7 Å². The van der Waals surface area contributed by atoms with Crippen molar-refractivity contribution in [1.29, 1.82) is 0 Å². The number of hydrogen-bond acceptors (Lipinski definition) is 1. The smallest absolute Gasteiger partial charge is 0.263 e. The molecule has 2 nitrogen and oxygen atoms in total. The van der Waals surface area contributed by atoms with Gasteiger partial charge >= 0.3 is 0 Å². The molecule has 4 heteroatoms. The second-order valence-corrected chi connectivity index (χ2v) is 3.98. The van der Waals surface area contributed by atoms with Gasteiger partial charge in [-0.15, -0.1) is 0 Å². The van der Waals surface area contributed by atoms with Crippen molar-refractivity contribution >= 4 is 46.7 Å². The van der Waals surface area contributed by atoms with Gasteiger partial charge in [-0.2, -0.15) is 0 Å². The molecule has 1 heterocycles. The zero-order valence-corrected chi connectivity index (χ0v) is 7.56. The molecule has 1 aliphatic heterocycles. The van der Waals surface area contributed by atoms with Crippen LogP contribution in [0.5, 0.6) is 0 Å². The summed E-state index contributed by atoms with van der Waals surface area (Å²) >= 11 is 3.09. The minimum Gasteiger partial charge on any atom is -0.323 e. The number of hydrogen-bond donors (Lipinski definition) is 1. The van der Waals surface area contributed by atoms with Crippen LogP contribution in [0.15, 0.2) is 8.57 Å². The van der Waals surface area contributed by atoms with Crippen LogP contribution in [-0.4, -0.2) is 10.0 Å². The first-order valence-corrected chi connectivity index (χ1v) is 5.19. The van der Waals surface area contributed by atoms with E-state index >= 15 is 0 Å². The van der Waals surface area contributed by atoms with Gasteiger partial charge in [0.05, 0.1) is 4.48 Å². The summed E-state index contributed by atoms with van der Waals surface area (Å²) in [5.41, 5.74) is 0. The molecule has 0 atom stereocenters. The first kappa shape index (κ1) is 6.41. The van der Waals surface area contributed by atoms with Crippen molar-refractivity contribution in [3.63, 3.8) is 0 Å². The molecule has 0 aromatic rings. The maximum atomic E-state index is 10.6. The quantitative estimate of drug-likeness (QED) is 0.664. The molecule has 1 amide bonds. The number of carbonyl (C=O) groups excluding carboxylic acids is 1. The highest BCUT2D eigenvalue weighted by Crippen LogP contribution is 2.13. The Labute approximate surface area is 65.2 Å². The third-order valence-corrected chi connectivity index (χ3v) is 3.72. The van der Waals surface area contributed by atoms with Gasteiger partial charge in [0, 0.05) is 4.14 Å². The van der Waals surface area contributed by atoms with E-state index < -0.39 is 0 Å². The summed E-state index contributed by atoms with van der Waals surface area (Å²) < 4.78 is 4.43. The van der Waals surface area contributed by atoms with Crippen molar-refractivity contribution < 1.29 is 4.79 Å². The van der Waals surface area contributed by atoms with Gasteiger partial charge in [-0.25, -0.2) is 0 Å². The number of amides is 1. The van der Waals surface area contributed by atoms with Gasteiger partial charge in [0.25, 0.3) is 5.91 Å². The molecule has 0 aliphatic carbocycles. The maximum absolute atomic E-state index is 10.6. The maximum Gasteiger partial charge on any atom is 0.263 e. The fourth-order valence-electron chi connectivity index (χ4n) is 0.286. The van der Waals surface area contributed by atoms with E-state index in [1.54, 1.807) is 0 Å². The molecule has 0 spiro atoms. The Kier molecular flexibility index (Phi) is 2.18.